The van der Waals surface area contributed by atoms with Gasteiger partial charge in [-0.1, -0.05) is 18.2 Å². The highest BCUT2D eigenvalue weighted by Crippen LogP contribution is 2.38. The van der Waals surface area contributed by atoms with Crippen LogP contribution in [0.15, 0.2) is 42.5 Å². The summed E-state index contributed by atoms with van der Waals surface area (Å²) in [4.78, 5) is 4.50. The third-order valence-electron chi connectivity index (χ3n) is 3.81. The van der Waals surface area contributed by atoms with Gasteiger partial charge < -0.3 is 9.80 Å². The van der Waals surface area contributed by atoms with E-state index in [9.17, 15) is 5.26 Å². The maximum absolute atomic E-state index is 9.39. The normalized spacial score (nSPS) is 13.8. The van der Waals surface area contributed by atoms with Crippen molar-refractivity contribution in [3.8, 4) is 6.07 Å². The number of nitrogens with zero attached hydrogens (tertiary/aromatic N) is 3. The second kappa shape index (κ2) is 4.90. The summed E-state index contributed by atoms with van der Waals surface area (Å²) in [7, 11) is 2.11. The standard InChI is InChI=1S/C17H17N3/c1-13-7-8-15(14(11-13)12-18)20-10-9-19(2)16-5-3-4-6-17(16)20/h3-8,11H,9-10H2,1-2H3. The van der Waals surface area contributed by atoms with E-state index in [0.717, 1.165) is 29.9 Å². The van der Waals surface area contributed by atoms with Crippen LogP contribution in [0.2, 0.25) is 0 Å². The number of hydrogen-bond acceptors (Lipinski definition) is 3. The van der Waals surface area contributed by atoms with Crippen LogP contribution in [0.4, 0.5) is 17.1 Å². The highest BCUT2D eigenvalue weighted by molar-refractivity contribution is 5.81. The van der Waals surface area contributed by atoms with Gasteiger partial charge in [0.2, 0.25) is 0 Å². The monoisotopic (exact) mass is 263 g/mol. The molecule has 3 nitrogen and oxygen atoms in total. The lowest BCUT2D eigenvalue weighted by Crippen LogP contribution is -2.36. The summed E-state index contributed by atoms with van der Waals surface area (Å²) in [5.74, 6) is 0. The minimum Gasteiger partial charge on any atom is -0.371 e. The van der Waals surface area contributed by atoms with Crippen molar-refractivity contribution in [1.29, 1.82) is 5.26 Å². The van der Waals surface area contributed by atoms with Crippen molar-refractivity contribution in [2.24, 2.45) is 0 Å². The highest BCUT2D eigenvalue weighted by atomic mass is 15.3. The zero-order valence-corrected chi connectivity index (χ0v) is 11.8. The molecule has 0 fully saturated rings. The van der Waals surface area contributed by atoms with Crippen LogP contribution in [0.1, 0.15) is 11.1 Å². The topological polar surface area (TPSA) is 30.3 Å². The van der Waals surface area contributed by atoms with Crippen LogP contribution in [0, 0.1) is 18.3 Å². The van der Waals surface area contributed by atoms with Crippen molar-refractivity contribution in [3.63, 3.8) is 0 Å². The second-order valence-electron chi connectivity index (χ2n) is 5.19. The molecule has 2 aromatic carbocycles. The molecule has 20 heavy (non-hydrogen) atoms. The number of likely N-dealkylation sites (N-methyl/N-ethyl adjacent to an activating group) is 1. The average molecular weight is 263 g/mol. The molecule has 0 aliphatic carbocycles. The lowest BCUT2D eigenvalue weighted by molar-refractivity contribution is 0.821. The van der Waals surface area contributed by atoms with Crippen molar-refractivity contribution in [1.82, 2.24) is 0 Å². The number of fused-ring (bicyclic) bond motifs is 1. The molecule has 0 saturated heterocycles. The fourth-order valence-electron chi connectivity index (χ4n) is 2.73. The molecule has 100 valence electrons. The van der Waals surface area contributed by atoms with Gasteiger partial charge >= 0.3 is 0 Å². The molecule has 0 N–H and O–H groups in total. The van der Waals surface area contributed by atoms with Gasteiger partial charge in [-0.05, 0) is 36.8 Å². The largest absolute Gasteiger partial charge is 0.371 e. The Morgan fingerprint density at radius 2 is 1.75 bits per heavy atom. The molecule has 2 aromatic rings. The van der Waals surface area contributed by atoms with Crippen LogP contribution >= 0.6 is 0 Å². The molecule has 0 spiro atoms. The predicted octanol–water partition coefficient (Wildman–Crippen LogP) is 3.45. The fraction of sp³-hybridized carbons (Fsp3) is 0.235. The van der Waals surface area contributed by atoms with Crippen molar-refractivity contribution in [3.05, 3.63) is 53.6 Å². The Bertz CT molecular complexity index is 685. The summed E-state index contributed by atoms with van der Waals surface area (Å²) < 4.78 is 0. The highest BCUT2D eigenvalue weighted by Gasteiger charge is 2.22. The molecule has 0 amide bonds. The van der Waals surface area contributed by atoms with Gasteiger partial charge in [0.1, 0.15) is 6.07 Å². The van der Waals surface area contributed by atoms with Crippen molar-refractivity contribution >= 4 is 17.1 Å². The van der Waals surface area contributed by atoms with Crippen LogP contribution in [0.25, 0.3) is 0 Å². The maximum atomic E-state index is 9.39. The number of aryl methyl sites for hydroxylation is 1. The van der Waals surface area contributed by atoms with E-state index in [1.165, 1.54) is 11.4 Å². The molecule has 1 heterocycles. The summed E-state index contributed by atoms with van der Waals surface area (Å²) in [5, 5.41) is 9.39. The Labute approximate surface area is 119 Å². The summed E-state index contributed by atoms with van der Waals surface area (Å²) in [5.41, 5.74) is 5.24. The molecule has 0 atom stereocenters. The first-order chi connectivity index (χ1) is 9.70. The van der Waals surface area contributed by atoms with Gasteiger partial charge in [-0.3, -0.25) is 0 Å². The van der Waals surface area contributed by atoms with Crippen molar-refractivity contribution in [2.75, 3.05) is 29.9 Å². The van der Waals surface area contributed by atoms with Crippen LogP contribution in [-0.4, -0.2) is 20.1 Å². The van der Waals surface area contributed by atoms with E-state index in [0.29, 0.717) is 0 Å². The molecule has 0 unspecified atom stereocenters. The van der Waals surface area contributed by atoms with Crippen LogP contribution in [0.5, 0.6) is 0 Å². The number of nitriles is 1. The number of hydrogen-bond donors (Lipinski definition) is 0. The first kappa shape index (κ1) is 12.6. The Hall–Kier alpha value is -2.47. The Balaban J connectivity index is 2.13. The summed E-state index contributed by atoms with van der Waals surface area (Å²) in [6.45, 7) is 3.86. The van der Waals surface area contributed by atoms with Crippen LogP contribution < -0.4 is 9.80 Å². The summed E-state index contributed by atoms with van der Waals surface area (Å²) in [6, 6.07) is 16.7. The Morgan fingerprint density at radius 3 is 2.50 bits per heavy atom. The Morgan fingerprint density at radius 1 is 1.00 bits per heavy atom. The lowest BCUT2D eigenvalue weighted by atomic mass is 10.1. The van der Waals surface area contributed by atoms with Gasteiger partial charge in [-0.2, -0.15) is 5.26 Å². The molecule has 0 aromatic heterocycles. The number of para-hydroxylation sites is 2. The predicted molar refractivity (Wildman–Crippen MR) is 82.6 cm³/mol. The van der Waals surface area contributed by atoms with Crippen molar-refractivity contribution in [2.45, 2.75) is 6.92 Å². The Kier molecular flexibility index (Phi) is 3.08. The molecule has 3 heteroatoms. The quantitative estimate of drug-likeness (QED) is 0.789. The molecular weight excluding hydrogens is 246 g/mol. The fourth-order valence-corrected chi connectivity index (χ4v) is 2.73. The van der Waals surface area contributed by atoms with Gasteiger partial charge in [0.15, 0.2) is 0 Å². The first-order valence-corrected chi connectivity index (χ1v) is 6.79. The molecule has 0 saturated carbocycles. The first-order valence-electron chi connectivity index (χ1n) is 6.79. The van der Waals surface area contributed by atoms with E-state index in [-0.39, 0.29) is 0 Å². The number of anilines is 3. The third kappa shape index (κ3) is 2.00. The number of benzene rings is 2. The van der Waals surface area contributed by atoms with E-state index in [1.807, 2.05) is 19.1 Å². The molecule has 1 aliphatic heterocycles. The summed E-state index contributed by atoms with van der Waals surface area (Å²) >= 11 is 0. The van der Waals surface area contributed by atoms with Gasteiger partial charge in [0.25, 0.3) is 0 Å². The molecular formula is C17H17N3. The van der Waals surface area contributed by atoms with E-state index in [2.05, 4.69) is 53.2 Å². The minimum absolute atomic E-state index is 0.740. The maximum Gasteiger partial charge on any atom is 0.101 e. The van der Waals surface area contributed by atoms with Gasteiger partial charge in [0, 0.05) is 20.1 Å². The van der Waals surface area contributed by atoms with Crippen molar-refractivity contribution < 1.29 is 0 Å². The van der Waals surface area contributed by atoms with E-state index in [4.69, 9.17) is 0 Å². The zero-order chi connectivity index (χ0) is 14.1. The number of rotatable bonds is 1. The van der Waals surface area contributed by atoms with E-state index < -0.39 is 0 Å². The van der Waals surface area contributed by atoms with E-state index >= 15 is 0 Å². The van der Waals surface area contributed by atoms with E-state index in [1.54, 1.807) is 0 Å². The zero-order valence-electron chi connectivity index (χ0n) is 11.8. The molecule has 0 bridgehead atoms. The minimum atomic E-state index is 0.740. The molecule has 3 rings (SSSR count). The smallest absolute Gasteiger partial charge is 0.101 e. The molecule has 0 radical (unpaired) electrons. The van der Waals surface area contributed by atoms with Gasteiger partial charge in [-0.15, -0.1) is 0 Å². The van der Waals surface area contributed by atoms with Gasteiger partial charge in [0.05, 0.1) is 22.6 Å². The van der Waals surface area contributed by atoms with Crippen LogP contribution in [0.3, 0.4) is 0 Å². The average Bonchev–Trinajstić information content (AvgIpc) is 2.48. The van der Waals surface area contributed by atoms with Crippen LogP contribution in [-0.2, 0) is 0 Å². The second-order valence-corrected chi connectivity index (χ2v) is 5.19. The van der Waals surface area contributed by atoms with Gasteiger partial charge in [-0.25, -0.2) is 0 Å². The lowest BCUT2D eigenvalue weighted by Gasteiger charge is -2.37. The molecule has 1 aliphatic rings. The summed E-state index contributed by atoms with van der Waals surface area (Å²) in [6.07, 6.45) is 0. The SMILES string of the molecule is Cc1ccc(N2CCN(C)c3ccccc32)c(C#N)c1. The third-order valence-corrected chi connectivity index (χ3v) is 3.81.